The van der Waals surface area contributed by atoms with E-state index in [9.17, 15) is 4.79 Å². The molecule has 46 valence electrons. The molecule has 0 aliphatic carbocycles. The van der Waals surface area contributed by atoms with Gasteiger partial charge in [-0.1, -0.05) is 0 Å². The minimum Gasteiger partial charge on any atom is -0.238 e. The van der Waals surface area contributed by atoms with Gasteiger partial charge in [-0.2, -0.15) is 0 Å². The molecule has 0 aromatic rings. The van der Waals surface area contributed by atoms with Crippen LogP contribution in [0.5, 0.6) is 0 Å². The molecule has 0 radical (unpaired) electrons. The average Bonchev–Trinajstić information content (AvgIpc) is 1.77. The van der Waals surface area contributed by atoms with E-state index in [0.29, 0.717) is 5.12 Å². The Morgan fingerprint density at radius 2 is 2.25 bits per heavy atom. The molecule has 0 spiro atoms. The molecule has 1 aliphatic heterocycles. The maximum atomic E-state index is 10.8. The third-order valence-electron chi connectivity index (χ3n) is 1.47. The lowest BCUT2D eigenvalue weighted by Crippen LogP contribution is -2.21. The maximum absolute atomic E-state index is 10.8. The molecule has 0 amide bonds. The van der Waals surface area contributed by atoms with Crippen LogP contribution in [0.4, 0.5) is 0 Å². The van der Waals surface area contributed by atoms with Gasteiger partial charge in [0, 0.05) is 0 Å². The number of hydrogen-bond acceptors (Lipinski definition) is 1. The van der Waals surface area contributed by atoms with Gasteiger partial charge in [-0.05, 0) is 12.8 Å². The zero-order chi connectivity index (χ0) is 5.98. The van der Waals surface area contributed by atoms with Crippen LogP contribution in [0.3, 0.4) is 0 Å². The maximum Gasteiger partial charge on any atom is 0.330 e. The van der Waals surface area contributed by atoms with Gasteiger partial charge >= 0.3 is 5.12 Å². The van der Waals surface area contributed by atoms with Gasteiger partial charge in [-0.3, -0.25) is 0 Å². The molecule has 8 heavy (non-hydrogen) atoms. The highest BCUT2D eigenvalue weighted by atomic mass is 32.2. The molecule has 1 nitrogen and oxygen atoms in total. The fraction of sp³-hybridized carbons (Fsp3) is 0.833. The lowest BCUT2D eigenvalue weighted by molar-refractivity contribution is -0.111. The van der Waals surface area contributed by atoms with Crippen LogP contribution in [0, 0.1) is 0 Å². The lowest BCUT2D eigenvalue weighted by Gasteiger charge is -2.05. The second-order valence-electron chi connectivity index (χ2n) is 2.17. The molecule has 1 aliphatic rings. The van der Waals surface area contributed by atoms with Crippen LogP contribution >= 0.6 is 0 Å². The second-order valence-corrected chi connectivity index (χ2v) is 4.31. The first-order valence-corrected chi connectivity index (χ1v) is 4.76. The molecule has 0 bridgehead atoms. The standard InChI is InChI=1S/C6H11OS/c1-8-5-3-2-4-6(8)7/h2-5H2,1H3/q+1. The summed E-state index contributed by atoms with van der Waals surface area (Å²) >= 11 is 0. The van der Waals surface area contributed by atoms with Crippen LogP contribution in [0.2, 0.25) is 0 Å². The first kappa shape index (κ1) is 6.14. The lowest BCUT2D eigenvalue weighted by atomic mass is 10.3. The van der Waals surface area contributed by atoms with Crippen molar-refractivity contribution in [1.29, 1.82) is 0 Å². The van der Waals surface area contributed by atoms with Gasteiger partial charge < -0.3 is 0 Å². The van der Waals surface area contributed by atoms with E-state index in [1.54, 1.807) is 0 Å². The summed E-state index contributed by atoms with van der Waals surface area (Å²) in [5.74, 6) is 1.15. The van der Waals surface area contributed by atoms with Crippen molar-refractivity contribution < 1.29 is 4.79 Å². The van der Waals surface area contributed by atoms with Crippen molar-refractivity contribution in [2.45, 2.75) is 19.3 Å². The van der Waals surface area contributed by atoms with E-state index in [-0.39, 0.29) is 10.9 Å². The molecule has 2 heteroatoms. The van der Waals surface area contributed by atoms with Crippen molar-refractivity contribution in [1.82, 2.24) is 0 Å². The van der Waals surface area contributed by atoms with Crippen LogP contribution in [-0.4, -0.2) is 17.1 Å². The zero-order valence-corrected chi connectivity index (χ0v) is 5.96. The molecule has 1 unspecified atom stereocenters. The predicted molar refractivity (Wildman–Crippen MR) is 37.0 cm³/mol. The van der Waals surface area contributed by atoms with Gasteiger partial charge in [0.05, 0.1) is 17.3 Å². The van der Waals surface area contributed by atoms with Crippen LogP contribution in [-0.2, 0) is 15.7 Å². The molecule has 1 rings (SSSR count). The van der Waals surface area contributed by atoms with Crippen LogP contribution < -0.4 is 0 Å². The summed E-state index contributed by atoms with van der Waals surface area (Å²) in [7, 11) is 0.126. The Balaban J connectivity index is 2.39. The third kappa shape index (κ3) is 1.25. The van der Waals surface area contributed by atoms with Crippen LogP contribution in [0.15, 0.2) is 0 Å². The fourth-order valence-electron chi connectivity index (χ4n) is 0.876. The number of carbonyl (C=O) groups is 1. The van der Waals surface area contributed by atoms with Crippen molar-refractivity contribution in [3.05, 3.63) is 0 Å². The molecular formula is C6H11OS+. The minimum absolute atomic E-state index is 0.126. The van der Waals surface area contributed by atoms with E-state index < -0.39 is 0 Å². The van der Waals surface area contributed by atoms with Crippen molar-refractivity contribution in [3.8, 4) is 0 Å². The predicted octanol–water partition coefficient (Wildman–Crippen LogP) is 0.945. The number of carbonyl (C=O) groups excluding carboxylic acids is 1. The van der Waals surface area contributed by atoms with E-state index in [1.807, 2.05) is 0 Å². The molecule has 1 atom stereocenters. The molecule has 1 saturated heterocycles. The number of rotatable bonds is 0. The average molecular weight is 131 g/mol. The quantitative estimate of drug-likeness (QED) is 0.447. The Hall–Kier alpha value is 0.0200. The van der Waals surface area contributed by atoms with Crippen molar-refractivity contribution >= 4 is 16.0 Å². The van der Waals surface area contributed by atoms with E-state index >= 15 is 0 Å². The molecule has 1 fully saturated rings. The smallest absolute Gasteiger partial charge is 0.238 e. The Labute approximate surface area is 52.8 Å². The topological polar surface area (TPSA) is 17.1 Å². The molecule has 0 aromatic carbocycles. The van der Waals surface area contributed by atoms with Crippen LogP contribution in [0.1, 0.15) is 19.3 Å². The second kappa shape index (κ2) is 2.53. The summed E-state index contributed by atoms with van der Waals surface area (Å²) in [5, 5.41) is 0.497. The Bertz CT molecular complexity index is 101. The summed E-state index contributed by atoms with van der Waals surface area (Å²) in [6.45, 7) is 0. The molecule has 0 N–H and O–H groups in total. The minimum atomic E-state index is 0.126. The normalized spacial score (nSPS) is 30.6. The first-order valence-electron chi connectivity index (χ1n) is 2.96. The highest BCUT2D eigenvalue weighted by Crippen LogP contribution is 2.12. The largest absolute Gasteiger partial charge is 0.330 e. The van der Waals surface area contributed by atoms with Gasteiger partial charge in [0.15, 0.2) is 0 Å². The summed E-state index contributed by atoms with van der Waals surface area (Å²) < 4.78 is 0. The van der Waals surface area contributed by atoms with E-state index in [2.05, 4.69) is 6.26 Å². The summed E-state index contributed by atoms with van der Waals surface area (Å²) in [4.78, 5) is 10.8. The third-order valence-corrected chi connectivity index (χ3v) is 3.35. The first-order chi connectivity index (χ1) is 3.80. The fourth-order valence-corrected chi connectivity index (χ4v) is 2.23. The van der Waals surface area contributed by atoms with Crippen molar-refractivity contribution in [3.63, 3.8) is 0 Å². The summed E-state index contributed by atoms with van der Waals surface area (Å²) in [6, 6.07) is 0. The van der Waals surface area contributed by atoms with Gasteiger partial charge in [0.2, 0.25) is 0 Å². The highest BCUT2D eigenvalue weighted by Gasteiger charge is 2.26. The molecule has 1 heterocycles. The SMILES string of the molecule is C[S+]1CCCCC1=O. The van der Waals surface area contributed by atoms with Gasteiger partial charge in [0.1, 0.15) is 12.0 Å². The molecular weight excluding hydrogens is 120 g/mol. The monoisotopic (exact) mass is 131 g/mol. The van der Waals surface area contributed by atoms with Gasteiger partial charge in [-0.25, -0.2) is 4.79 Å². The van der Waals surface area contributed by atoms with Crippen molar-refractivity contribution in [2.24, 2.45) is 0 Å². The highest BCUT2D eigenvalue weighted by molar-refractivity contribution is 8.10. The Kier molecular flexibility index (Phi) is 1.95. The van der Waals surface area contributed by atoms with Gasteiger partial charge in [-0.15, -0.1) is 0 Å². The van der Waals surface area contributed by atoms with E-state index in [1.165, 1.54) is 6.42 Å². The molecule has 0 aromatic heterocycles. The Morgan fingerprint density at radius 3 is 2.62 bits per heavy atom. The molecule has 0 saturated carbocycles. The summed E-state index contributed by atoms with van der Waals surface area (Å²) in [5.41, 5.74) is 0. The Morgan fingerprint density at radius 1 is 1.50 bits per heavy atom. The summed E-state index contributed by atoms with van der Waals surface area (Å²) in [6.07, 6.45) is 5.31. The van der Waals surface area contributed by atoms with E-state index in [4.69, 9.17) is 0 Å². The zero-order valence-electron chi connectivity index (χ0n) is 5.14. The van der Waals surface area contributed by atoms with Crippen molar-refractivity contribution in [2.75, 3.05) is 12.0 Å². The van der Waals surface area contributed by atoms with Gasteiger partial charge in [0.25, 0.3) is 0 Å². The van der Waals surface area contributed by atoms with E-state index in [0.717, 1.165) is 18.6 Å². The van der Waals surface area contributed by atoms with Crippen LogP contribution in [0.25, 0.3) is 0 Å². The number of hydrogen-bond donors (Lipinski definition) is 0.